The third kappa shape index (κ3) is 3.47. The van der Waals surface area contributed by atoms with Crippen LogP contribution in [0.5, 0.6) is 5.88 Å². The van der Waals surface area contributed by atoms with Crippen LogP contribution >= 0.6 is 0 Å². The van der Waals surface area contributed by atoms with E-state index in [1.165, 1.54) is 0 Å². The average Bonchev–Trinajstić information content (AvgIpc) is 2.25. The van der Waals surface area contributed by atoms with Crippen molar-refractivity contribution in [3.05, 3.63) is 27.4 Å². The van der Waals surface area contributed by atoms with Crippen LogP contribution < -0.4 is 4.74 Å². The van der Waals surface area contributed by atoms with Crippen molar-refractivity contribution < 1.29 is 36.7 Å². The van der Waals surface area contributed by atoms with Crippen molar-refractivity contribution in [1.29, 1.82) is 0 Å². The summed E-state index contributed by atoms with van der Waals surface area (Å²) in [6.45, 7) is -1.04. The summed E-state index contributed by atoms with van der Waals surface area (Å²) in [5, 5.41) is 19.3. The van der Waals surface area contributed by atoms with Crippen molar-refractivity contribution in [2.75, 3.05) is 0 Å². The molecule has 1 rings (SSSR count). The Balaban J connectivity index is 3.49. The van der Waals surface area contributed by atoms with Crippen LogP contribution in [0, 0.1) is 10.1 Å². The molecule has 1 heterocycles. The molecule has 0 spiro atoms. The minimum atomic E-state index is -5.32. The maximum absolute atomic E-state index is 12.7. The van der Waals surface area contributed by atoms with Crippen molar-refractivity contribution >= 4 is 5.69 Å². The van der Waals surface area contributed by atoms with E-state index in [0.717, 1.165) is 0 Å². The molecule has 0 aliphatic heterocycles. The molecule has 0 unspecified atom stereocenters. The van der Waals surface area contributed by atoms with Gasteiger partial charge in [-0.15, -0.1) is 13.2 Å². The lowest BCUT2D eigenvalue weighted by Gasteiger charge is -2.12. The minimum Gasteiger partial charge on any atom is -0.392 e. The van der Waals surface area contributed by atoms with E-state index in [9.17, 15) is 32.1 Å². The molecule has 0 amide bonds. The molecule has 0 saturated carbocycles. The largest absolute Gasteiger partial charge is 0.574 e. The van der Waals surface area contributed by atoms with Gasteiger partial charge in [0, 0.05) is 11.8 Å². The topological polar surface area (TPSA) is 85.5 Å². The Morgan fingerprint density at radius 2 is 2.05 bits per heavy atom. The first-order chi connectivity index (χ1) is 8.67. The van der Waals surface area contributed by atoms with Gasteiger partial charge in [-0.2, -0.15) is 0 Å². The Bertz CT molecular complexity index is 491. The fourth-order valence-corrected chi connectivity index (χ4v) is 1.26. The van der Waals surface area contributed by atoms with E-state index < -0.39 is 47.0 Å². The van der Waals surface area contributed by atoms with Gasteiger partial charge < -0.3 is 9.84 Å². The molecule has 19 heavy (non-hydrogen) atoms. The zero-order valence-electron chi connectivity index (χ0n) is 8.82. The third-order valence-electron chi connectivity index (χ3n) is 1.92. The number of alkyl halides is 5. The van der Waals surface area contributed by atoms with E-state index in [1.54, 1.807) is 0 Å². The smallest absolute Gasteiger partial charge is 0.392 e. The van der Waals surface area contributed by atoms with E-state index in [1.807, 2.05) is 0 Å². The van der Waals surface area contributed by atoms with Gasteiger partial charge in [0.05, 0.1) is 11.5 Å². The van der Waals surface area contributed by atoms with E-state index in [0.29, 0.717) is 6.20 Å². The number of hydrogen-bond acceptors (Lipinski definition) is 5. The number of aromatic nitrogens is 1. The molecule has 1 aromatic rings. The molecule has 0 atom stereocenters. The summed E-state index contributed by atoms with van der Waals surface area (Å²) in [4.78, 5) is 12.0. The van der Waals surface area contributed by atoms with Crippen molar-refractivity contribution in [3.8, 4) is 5.88 Å². The molecule has 1 aromatic heterocycles. The predicted octanol–water partition coefficient (Wildman–Crippen LogP) is 2.32. The maximum Gasteiger partial charge on any atom is 0.574 e. The summed E-state index contributed by atoms with van der Waals surface area (Å²) in [6, 6.07) is 0. The van der Waals surface area contributed by atoms with E-state index in [4.69, 9.17) is 5.11 Å². The summed E-state index contributed by atoms with van der Waals surface area (Å²) in [5.74, 6) is -1.61. The molecule has 0 radical (unpaired) electrons. The molecule has 0 bridgehead atoms. The minimum absolute atomic E-state index is 0.454. The van der Waals surface area contributed by atoms with Crippen molar-refractivity contribution in [2.45, 2.75) is 19.4 Å². The number of ether oxygens (including phenoxy) is 1. The average molecular weight is 288 g/mol. The number of nitro groups is 1. The van der Waals surface area contributed by atoms with E-state index >= 15 is 0 Å². The van der Waals surface area contributed by atoms with Crippen LogP contribution in [0.2, 0.25) is 0 Å². The molecule has 0 fully saturated rings. The van der Waals surface area contributed by atoms with E-state index in [-0.39, 0.29) is 0 Å². The Morgan fingerprint density at radius 3 is 2.42 bits per heavy atom. The number of rotatable bonds is 4. The van der Waals surface area contributed by atoms with Gasteiger partial charge in [0.25, 0.3) is 6.43 Å². The van der Waals surface area contributed by atoms with Crippen LogP contribution in [0.15, 0.2) is 6.20 Å². The van der Waals surface area contributed by atoms with Gasteiger partial charge >= 0.3 is 17.9 Å². The molecule has 6 nitrogen and oxygen atoms in total. The highest BCUT2D eigenvalue weighted by atomic mass is 19.4. The number of aliphatic hydroxyl groups is 1. The molecule has 0 aliphatic rings. The lowest BCUT2D eigenvalue weighted by Crippen LogP contribution is -2.19. The summed E-state index contributed by atoms with van der Waals surface area (Å²) >= 11 is 0. The second kappa shape index (κ2) is 5.30. The summed E-state index contributed by atoms with van der Waals surface area (Å²) in [6.07, 6.45) is -8.34. The number of halogens is 5. The molecular formula is C8H5F5N2O4. The normalized spacial score (nSPS) is 11.7. The van der Waals surface area contributed by atoms with Crippen molar-refractivity contribution in [2.24, 2.45) is 0 Å². The van der Waals surface area contributed by atoms with Crippen molar-refractivity contribution in [1.82, 2.24) is 4.98 Å². The molecular weight excluding hydrogens is 283 g/mol. The number of pyridine rings is 1. The molecule has 0 aliphatic carbocycles. The van der Waals surface area contributed by atoms with Crippen LogP contribution in [-0.4, -0.2) is 21.4 Å². The number of hydrogen-bond donors (Lipinski definition) is 1. The first kappa shape index (κ1) is 15.0. The Morgan fingerprint density at radius 1 is 1.47 bits per heavy atom. The Hall–Kier alpha value is -2.04. The zero-order chi connectivity index (χ0) is 14.8. The summed E-state index contributed by atoms with van der Waals surface area (Å²) in [5.41, 5.74) is -3.64. The van der Waals surface area contributed by atoms with Gasteiger partial charge in [-0.1, -0.05) is 0 Å². The highest BCUT2D eigenvalue weighted by Gasteiger charge is 2.39. The Labute approximate surface area is 101 Å². The van der Waals surface area contributed by atoms with Crippen molar-refractivity contribution in [3.63, 3.8) is 0 Å². The van der Waals surface area contributed by atoms with Crippen LogP contribution in [-0.2, 0) is 6.61 Å². The third-order valence-corrected chi connectivity index (χ3v) is 1.92. The van der Waals surface area contributed by atoms with Gasteiger partial charge in [-0.05, 0) is 0 Å². The molecule has 1 N–H and O–H groups in total. The first-order valence-corrected chi connectivity index (χ1v) is 4.48. The highest BCUT2D eigenvalue weighted by Crippen LogP contribution is 2.39. The second-order valence-electron chi connectivity index (χ2n) is 3.11. The number of aliphatic hydroxyl groups excluding tert-OH is 1. The first-order valence-electron chi connectivity index (χ1n) is 4.48. The fraction of sp³-hybridized carbons (Fsp3) is 0.375. The second-order valence-corrected chi connectivity index (χ2v) is 3.11. The lowest BCUT2D eigenvalue weighted by atomic mass is 10.1. The SMILES string of the molecule is O=[N+]([O-])c1c(OC(F)(F)F)ncc(CO)c1C(F)F. The van der Waals surface area contributed by atoms with Crippen LogP contribution in [0.25, 0.3) is 0 Å². The Kier molecular flexibility index (Phi) is 4.19. The van der Waals surface area contributed by atoms with Gasteiger partial charge in [0.1, 0.15) is 5.56 Å². The summed E-state index contributed by atoms with van der Waals surface area (Å²) in [7, 11) is 0. The van der Waals surface area contributed by atoms with E-state index in [2.05, 4.69) is 9.72 Å². The van der Waals surface area contributed by atoms with Crippen LogP contribution in [0.3, 0.4) is 0 Å². The summed E-state index contributed by atoms with van der Waals surface area (Å²) < 4.78 is 64.5. The maximum atomic E-state index is 12.7. The van der Waals surface area contributed by atoms with Crippen LogP contribution in [0.4, 0.5) is 27.6 Å². The molecule has 0 saturated heterocycles. The zero-order valence-corrected chi connectivity index (χ0v) is 8.82. The molecule has 11 heteroatoms. The van der Waals surface area contributed by atoms with Crippen LogP contribution in [0.1, 0.15) is 17.6 Å². The molecule has 106 valence electrons. The predicted molar refractivity (Wildman–Crippen MR) is 48.5 cm³/mol. The quantitative estimate of drug-likeness (QED) is 0.522. The van der Waals surface area contributed by atoms with Gasteiger partial charge in [-0.3, -0.25) is 10.1 Å². The van der Waals surface area contributed by atoms with Gasteiger partial charge in [-0.25, -0.2) is 13.8 Å². The van der Waals surface area contributed by atoms with Gasteiger partial charge in [0.15, 0.2) is 0 Å². The van der Waals surface area contributed by atoms with Gasteiger partial charge in [0.2, 0.25) is 0 Å². The fourth-order valence-electron chi connectivity index (χ4n) is 1.26. The number of nitrogens with zero attached hydrogens (tertiary/aromatic N) is 2. The lowest BCUT2D eigenvalue weighted by molar-refractivity contribution is -0.390. The standard InChI is InChI=1S/C8H5F5N2O4/c9-6(10)4-3(2-16)1-14-7(5(4)15(17)18)19-8(11,12)13/h1,6,16H,2H2. The highest BCUT2D eigenvalue weighted by molar-refractivity contribution is 5.52. The monoisotopic (exact) mass is 288 g/mol. The molecule has 0 aromatic carbocycles.